The summed E-state index contributed by atoms with van der Waals surface area (Å²) >= 11 is 0. The molecule has 0 spiro atoms. The predicted molar refractivity (Wildman–Crippen MR) is 132 cm³/mol. The monoisotopic (exact) mass is 469 g/mol. The fourth-order valence-electron chi connectivity index (χ4n) is 5.44. The number of hydrogen-bond donors (Lipinski definition) is 0. The van der Waals surface area contributed by atoms with E-state index in [-0.39, 0.29) is 11.8 Å². The smallest absolute Gasteiger partial charge is 0.305 e. The summed E-state index contributed by atoms with van der Waals surface area (Å²) in [5.74, 6) is 0.964. The van der Waals surface area contributed by atoms with Crippen molar-refractivity contribution in [1.82, 2.24) is 9.80 Å². The standard InChI is InChI=1S/C27H36FN3O3/c1-33-23-7-5-6-21(18-23)19-29-13-12-25(22(20-29)10-11-27(32)34-2)30-14-16-31(17-15-30)26-9-4-3-8-24(26)28/h3-9,18,22,25H,10-17,19-20H2,1-2H3/t22-,25+/m1/s1. The number of hydrogen-bond acceptors (Lipinski definition) is 6. The number of rotatable bonds is 8. The second-order valence-corrected chi connectivity index (χ2v) is 9.29. The maximum absolute atomic E-state index is 14.3. The third-order valence-corrected chi connectivity index (χ3v) is 7.24. The fraction of sp³-hybridized carbons (Fsp3) is 0.519. The SMILES string of the molecule is COC(=O)CC[C@@H]1CN(Cc2cccc(OC)c2)CC[C@@H]1N1CCN(c2ccccc2F)CC1. The Labute approximate surface area is 202 Å². The Bertz CT molecular complexity index is 948. The number of esters is 1. The Kier molecular flexibility index (Phi) is 8.40. The summed E-state index contributed by atoms with van der Waals surface area (Å²) in [6.45, 7) is 6.28. The second kappa shape index (κ2) is 11.7. The molecule has 2 aromatic carbocycles. The molecular formula is C27H36FN3O3. The molecule has 2 saturated heterocycles. The maximum atomic E-state index is 14.3. The van der Waals surface area contributed by atoms with Crippen molar-refractivity contribution in [3.8, 4) is 5.75 Å². The molecule has 0 aromatic heterocycles. The molecule has 0 N–H and O–H groups in total. The number of halogens is 1. The van der Waals surface area contributed by atoms with Gasteiger partial charge in [-0.05, 0) is 55.1 Å². The Morgan fingerprint density at radius 3 is 2.56 bits per heavy atom. The van der Waals surface area contributed by atoms with Crippen LogP contribution < -0.4 is 9.64 Å². The van der Waals surface area contributed by atoms with E-state index in [1.807, 2.05) is 24.3 Å². The quantitative estimate of drug-likeness (QED) is 0.548. The van der Waals surface area contributed by atoms with Gasteiger partial charge < -0.3 is 14.4 Å². The van der Waals surface area contributed by atoms with Crippen LogP contribution in [0.25, 0.3) is 0 Å². The molecule has 2 aromatic rings. The third-order valence-electron chi connectivity index (χ3n) is 7.24. The first-order valence-corrected chi connectivity index (χ1v) is 12.2. The molecule has 184 valence electrons. The summed E-state index contributed by atoms with van der Waals surface area (Å²) in [5.41, 5.74) is 1.93. The van der Waals surface area contributed by atoms with Gasteiger partial charge in [0.2, 0.25) is 0 Å². The molecule has 0 aliphatic carbocycles. The maximum Gasteiger partial charge on any atom is 0.305 e. The number of likely N-dealkylation sites (tertiary alicyclic amines) is 1. The minimum absolute atomic E-state index is 0.145. The van der Waals surface area contributed by atoms with Crippen LogP contribution in [0.1, 0.15) is 24.8 Å². The highest BCUT2D eigenvalue weighted by molar-refractivity contribution is 5.69. The Morgan fingerprint density at radius 2 is 1.82 bits per heavy atom. The zero-order chi connectivity index (χ0) is 23.9. The largest absolute Gasteiger partial charge is 0.497 e. The van der Waals surface area contributed by atoms with E-state index >= 15 is 0 Å². The van der Waals surface area contributed by atoms with Gasteiger partial charge in [-0.25, -0.2) is 4.39 Å². The summed E-state index contributed by atoms with van der Waals surface area (Å²) in [6.07, 6.45) is 2.33. The van der Waals surface area contributed by atoms with Crippen molar-refractivity contribution in [3.05, 3.63) is 59.9 Å². The van der Waals surface area contributed by atoms with Crippen LogP contribution in [-0.2, 0) is 16.1 Å². The average Bonchev–Trinajstić information content (AvgIpc) is 2.88. The highest BCUT2D eigenvalue weighted by atomic mass is 19.1. The summed E-state index contributed by atoms with van der Waals surface area (Å²) < 4.78 is 24.6. The number of ether oxygens (including phenoxy) is 2. The van der Waals surface area contributed by atoms with Crippen LogP contribution in [0.4, 0.5) is 10.1 Å². The zero-order valence-corrected chi connectivity index (χ0v) is 20.3. The molecule has 2 fully saturated rings. The topological polar surface area (TPSA) is 45.2 Å². The number of methoxy groups -OCH3 is 2. The van der Waals surface area contributed by atoms with Gasteiger partial charge in [0.05, 0.1) is 19.9 Å². The van der Waals surface area contributed by atoms with E-state index in [1.165, 1.54) is 18.7 Å². The van der Waals surface area contributed by atoms with Gasteiger partial charge in [0, 0.05) is 51.7 Å². The van der Waals surface area contributed by atoms with Gasteiger partial charge in [0.15, 0.2) is 0 Å². The van der Waals surface area contributed by atoms with E-state index in [4.69, 9.17) is 9.47 Å². The average molecular weight is 470 g/mol. The number of para-hydroxylation sites is 1. The number of nitrogens with zero attached hydrogens (tertiary/aromatic N) is 3. The molecule has 0 amide bonds. The molecule has 6 nitrogen and oxygen atoms in total. The van der Waals surface area contributed by atoms with Crippen LogP contribution in [0.2, 0.25) is 0 Å². The Balaban J connectivity index is 1.39. The minimum Gasteiger partial charge on any atom is -0.497 e. The van der Waals surface area contributed by atoms with Gasteiger partial charge in [-0.3, -0.25) is 14.6 Å². The van der Waals surface area contributed by atoms with Crippen LogP contribution in [0.3, 0.4) is 0 Å². The van der Waals surface area contributed by atoms with E-state index in [0.29, 0.717) is 24.1 Å². The van der Waals surface area contributed by atoms with Crippen molar-refractivity contribution in [3.63, 3.8) is 0 Å². The Morgan fingerprint density at radius 1 is 1.03 bits per heavy atom. The molecule has 0 unspecified atom stereocenters. The van der Waals surface area contributed by atoms with Crippen LogP contribution in [0, 0.1) is 11.7 Å². The lowest BCUT2D eigenvalue weighted by atomic mass is 9.86. The minimum atomic E-state index is -0.155. The van der Waals surface area contributed by atoms with Crippen molar-refractivity contribution >= 4 is 11.7 Å². The molecule has 7 heteroatoms. The molecule has 2 heterocycles. The molecule has 0 radical (unpaired) electrons. The Hall–Kier alpha value is -2.64. The first-order valence-electron chi connectivity index (χ1n) is 12.2. The molecule has 2 aliphatic heterocycles. The highest BCUT2D eigenvalue weighted by Crippen LogP contribution is 2.30. The second-order valence-electron chi connectivity index (χ2n) is 9.29. The summed E-state index contributed by atoms with van der Waals surface area (Å²) in [4.78, 5) is 19.1. The van der Waals surface area contributed by atoms with Crippen LogP contribution in [0.15, 0.2) is 48.5 Å². The summed E-state index contributed by atoms with van der Waals surface area (Å²) in [7, 11) is 3.15. The first kappa shape index (κ1) is 24.5. The van der Waals surface area contributed by atoms with Gasteiger partial charge in [0.25, 0.3) is 0 Å². The number of piperazine rings is 1. The number of carbonyl (C=O) groups excluding carboxylic acids is 1. The van der Waals surface area contributed by atoms with Gasteiger partial charge in [-0.2, -0.15) is 0 Å². The number of carbonyl (C=O) groups is 1. The molecule has 2 aliphatic rings. The van der Waals surface area contributed by atoms with Crippen molar-refractivity contribution < 1.29 is 18.7 Å². The molecule has 0 bridgehead atoms. The van der Waals surface area contributed by atoms with Crippen molar-refractivity contribution in [2.24, 2.45) is 5.92 Å². The van der Waals surface area contributed by atoms with Crippen LogP contribution in [0.5, 0.6) is 5.75 Å². The van der Waals surface area contributed by atoms with Crippen molar-refractivity contribution in [1.29, 1.82) is 0 Å². The lowest BCUT2D eigenvalue weighted by molar-refractivity contribution is -0.141. The summed E-state index contributed by atoms with van der Waals surface area (Å²) in [6, 6.07) is 15.7. The van der Waals surface area contributed by atoms with E-state index in [1.54, 1.807) is 13.2 Å². The van der Waals surface area contributed by atoms with E-state index < -0.39 is 0 Å². The lowest BCUT2D eigenvalue weighted by Gasteiger charge is -2.47. The number of benzene rings is 2. The predicted octanol–water partition coefficient (Wildman–Crippen LogP) is 3.80. The molecule has 4 rings (SSSR count). The zero-order valence-electron chi connectivity index (χ0n) is 20.3. The molecule has 2 atom stereocenters. The molecular weight excluding hydrogens is 433 g/mol. The van der Waals surface area contributed by atoms with Crippen LogP contribution in [-0.4, -0.2) is 75.3 Å². The van der Waals surface area contributed by atoms with Crippen molar-refractivity contribution in [2.75, 3.05) is 58.4 Å². The molecule has 0 saturated carbocycles. The van der Waals surface area contributed by atoms with Gasteiger partial charge in [-0.1, -0.05) is 24.3 Å². The lowest BCUT2D eigenvalue weighted by Crippen LogP contribution is -2.56. The van der Waals surface area contributed by atoms with E-state index in [2.05, 4.69) is 26.8 Å². The highest BCUT2D eigenvalue weighted by Gasteiger charge is 2.35. The number of anilines is 1. The number of piperidine rings is 1. The summed E-state index contributed by atoms with van der Waals surface area (Å²) in [5, 5.41) is 0. The third kappa shape index (κ3) is 6.07. The fourth-order valence-corrected chi connectivity index (χ4v) is 5.44. The van der Waals surface area contributed by atoms with E-state index in [0.717, 1.165) is 64.4 Å². The normalized spacial score (nSPS) is 21.9. The molecule has 34 heavy (non-hydrogen) atoms. The van der Waals surface area contributed by atoms with Gasteiger partial charge in [-0.15, -0.1) is 0 Å². The van der Waals surface area contributed by atoms with Gasteiger partial charge >= 0.3 is 5.97 Å². The first-order chi connectivity index (χ1) is 16.6. The van der Waals surface area contributed by atoms with Crippen LogP contribution >= 0.6 is 0 Å². The van der Waals surface area contributed by atoms with E-state index in [9.17, 15) is 9.18 Å². The van der Waals surface area contributed by atoms with Crippen molar-refractivity contribution in [2.45, 2.75) is 31.8 Å². The van der Waals surface area contributed by atoms with Gasteiger partial charge in [0.1, 0.15) is 11.6 Å².